The van der Waals surface area contributed by atoms with Gasteiger partial charge in [0.15, 0.2) is 5.96 Å². The normalized spacial score (nSPS) is 25.5. The van der Waals surface area contributed by atoms with Crippen molar-refractivity contribution in [2.75, 3.05) is 13.7 Å². The summed E-state index contributed by atoms with van der Waals surface area (Å²) in [6.07, 6.45) is -0.392. The van der Waals surface area contributed by atoms with Crippen molar-refractivity contribution in [2.24, 2.45) is 4.99 Å². The number of alkyl halides is 3. The number of ether oxygens (including phenoxy) is 2. The Morgan fingerprint density at radius 1 is 1.23 bits per heavy atom. The van der Waals surface area contributed by atoms with E-state index in [0.29, 0.717) is 24.3 Å². The maximum absolute atomic E-state index is 12.1. The van der Waals surface area contributed by atoms with Gasteiger partial charge < -0.3 is 20.1 Å². The van der Waals surface area contributed by atoms with E-state index >= 15 is 0 Å². The molecule has 2 aliphatic rings. The molecule has 0 aliphatic carbocycles. The van der Waals surface area contributed by atoms with Gasteiger partial charge >= 0.3 is 6.18 Å². The Morgan fingerprint density at radius 3 is 2.54 bits per heavy atom. The zero-order chi connectivity index (χ0) is 18.6. The quantitative estimate of drug-likeness (QED) is 0.596. The number of aliphatic imine (C=N–C) groups is 1. The highest BCUT2D eigenvalue weighted by atomic mass is 19.4. The fourth-order valence-corrected chi connectivity index (χ4v) is 3.38. The van der Waals surface area contributed by atoms with Crippen LogP contribution in [-0.2, 0) is 22.6 Å². The second kappa shape index (κ2) is 8.26. The number of nitrogens with one attached hydrogen (secondary N) is 2. The van der Waals surface area contributed by atoms with E-state index in [1.807, 2.05) is 12.1 Å². The number of hydrogen-bond acceptors (Lipinski definition) is 3. The molecule has 3 rings (SSSR count). The molecule has 0 saturated carbocycles. The minimum atomic E-state index is -4.30. The lowest BCUT2D eigenvalue weighted by Crippen LogP contribution is -2.47. The van der Waals surface area contributed by atoms with Gasteiger partial charge in [0.05, 0.1) is 24.9 Å². The summed E-state index contributed by atoms with van der Waals surface area (Å²) in [6.45, 7) is -0.712. The van der Waals surface area contributed by atoms with Crippen molar-refractivity contribution in [2.45, 2.75) is 56.8 Å². The van der Waals surface area contributed by atoms with E-state index in [1.165, 1.54) is 0 Å². The molecule has 2 bridgehead atoms. The number of rotatable bonds is 6. The second-order valence-electron chi connectivity index (χ2n) is 6.71. The first-order valence-corrected chi connectivity index (χ1v) is 8.78. The molecule has 1 aromatic carbocycles. The van der Waals surface area contributed by atoms with Crippen LogP contribution in [0.25, 0.3) is 0 Å². The van der Waals surface area contributed by atoms with Gasteiger partial charge in [0, 0.05) is 13.6 Å². The number of hydrogen-bond donors (Lipinski definition) is 2. The summed E-state index contributed by atoms with van der Waals surface area (Å²) >= 11 is 0. The van der Waals surface area contributed by atoms with E-state index in [4.69, 9.17) is 4.74 Å². The third kappa shape index (κ3) is 5.35. The van der Waals surface area contributed by atoms with Crippen LogP contribution in [0.5, 0.6) is 0 Å². The molecule has 0 spiro atoms. The molecule has 2 saturated heterocycles. The molecule has 3 unspecified atom stereocenters. The molecule has 144 valence electrons. The van der Waals surface area contributed by atoms with E-state index < -0.39 is 12.8 Å². The molecule has 2 heterocycles. The molecule has 0 aromatic heterocycles. The highest BCUT2D eigenvalue weighted by Gasteiger charge is 2.41. The number of halogens is 3. The largest absolute Gasteiger partial charge is 0.411 e. The van der Waals surface area contributed by atoms with Gasteiger partial charge in [-0.15, -0.1) is 0 Å². The Labute approximate surface area is 151 Å². The van der Waals surface area contributed by atoms with Gasteiger partial charge in [0.25, 0.3) is 0 Å². The van der Waals surface area contributed by atoms with Crippen LogP contribution in [0.3, 0.4) is 0 Å². The Bertz CT molecular complexity index is 619. The minimum Gasteiger partial charge on any atom is -0.373 e. The summed E-state index contributed by atoms with van der Waals surface area (Å²) in [6, 6.07) is 7.58. The summed E-state index contributed by atoms with van der Waals surface area (Å²) < 4.78 is 46.7. The maximum Gasteiger partial charge on any atom is 0.411 e. The third-order valence-electron chi connectivity index (χ3n) is 4.67. The third-order valence-corrected chi connectivity index (χ3v) is 4.67. The van der Waals surface area contributed by atoms with Crippen LogP contribution >= 0.6 is 0 Å². The van der Waals surface area contributed by atoms with Crippen molar-refractivity contribution in [1.29, 1.82) is 0 Å². The van der Waals surface area contributed by atoms with Gasteiger partial charge in [-0.1, -0.05) is 24.3 Å². The van der Waals surface area contributed by atoms with E-state index in [1.54, 1.807) is 19.2 Å². The Morgan fingerprint density at radius 2 is 1.96 bits per heavy atom. The first-order valence-electron chi connectivity index (χ1n) is 8.78. The average Bonchev–Trinajstić information content (AvgIpc) is 3.21. The van der Waals surface area contributed by atoms with E-state index in [0.717, 1.165) is 30.8 Å². The van der Waals surface area contributed by atoms with Crippen molar-refractivity contribution < 1.29 is 22.6 Å². The fourth-order valence-electron chi connectivity index (χ4n) is 3.38. The van der Waals surface area contributed by atoms with E-state index in [2.05, 4.69) is 20.4 Å². The first-order chi connectivity index (χ1) is 12.4. The van der Waals surface area contributed by atoms with Crippen molar-refractivity contribution in [1.82, 2.24) is 10.6 Å². The molecular weight excluding hydrogens is 347 g/mol. The lowest BCUT2D eigenvalue weighted by Gasteiger charge is -2.22. The Hall–Kier alpha value is -1.80. The maximum atomic E-state index is 12.1. The van der Waals surface area contributed by atoms with Gasteiger partial charge in [-0.25, -0.2) is 0 Å². The van der Waals surface area contributed by atoms with Crippen LogP contribution in [0.2, 0.25) is 0 Å². The van der Waals surface area contributed by atoms with Gasteiger partial charge in [-0.2, -0.15) is 13.2 Å². The molecule has 8 heteroatoms. The van der Waals surface area contributed by atoms with E-state index in [9.17, 15) is 13.2 Å². The van der Waals surface area contributed by atoms with Crippen molar-refractivity contribution >= 4 is 5.96 Å². The minimum absolute atomic E-state index is 0.0549. The Balaban J connectivity index is 1.42. The SMILES string of the molecule is CN=C(NCc1ccc(COCC(F)(F)F)cc1)NC1CC2CCC1O2. The molecule has 3 atom stereocenters. The summed E-state index contributed by atoms with van der Waals surface area (Å²) in [7, 11) is 1.73. The molecule has 0 amide bonds. The summed E-state index contributed by atoms with van der Waals surface area (Å²) in [5, 5.41) is 6.67. The number of nitrogens with zero attached hydrogens (tertiary/aromatic N) is 1. The zero-order valence-electron chi connectivity index (χ0n) is 14.7. The van der Waals surface area contributed by atoms with Crippen LogP contribution < -0.4 is 10.6 Å². The average molecular weight is 371 g/mol. The van der Waals surface area contributed by atoms with Gasteiger partial charge in [0.2, 0.25) is 0 Å². The monoisotopic (exact) mass is 371 g/mol. The van der Waals surface area contributed by atoms with Crippen molar-refractivity contribution in [3.05, 3.63) is 35.4 Å². The molecule has 2 fully saturated rings. The standard InChI is InChI=1S/C18H24F3N3O2/c1-22-17(24-15-8-14-6-7-16(15)26-14)23-9-12-2-4-13(5-3-12)10-25-11-18(19,20)21/h2-5,14-16H,6-11H2,1H3,(H2,22,23,24). The summed E-state index contributed by atoms with van der Waals surface area (Å²) in [4.78, 5) is 4.24. The predicted molar refractivity (Wildman–Crippen MR) is 91.8 cm³/mol. The molecule has 1 aromatic rings. The van der Waals surface area contributed by atoms with Crippen molar-refractivity contribution in [3.8, 4) is 0 Å². The van der Waals surface area contributed by atoms with Crippen LogP contribution in [0.1, 0.15) is 30.4 Å². The van der Waals surface area contributed by atoms with Crippen LogP contribution in [0.4, 0.5) is 13.2 Å². The predicted octanol–water partition coefficient (Wildman–Crippen LogP) is 2.75. The number of fused-ring (bicyclic) bond motifs is 2. The molecule has 0 radical (unpaired) electrons. The van der Waals surface area contributed by atoms with Crippen molar-refractivity contribution in [3.63, 3.8) is 0 Å². The lowest BCUT2D eigenvalue weighted by atomic mass is 9.96. The van der Waals surface area contributed by atoms with Gasteiger partial charge in [-0.3, -0.25) is 4.99 Å². The second-order valence-corrected chi connectivity index (χ2v) is 6.71. The van der Waals surface area contributed by atoms with Crippen LogP contribution in [0.15, 0.2) is 29.3 Å². The summed E-state index contributed by atoms with van der Waals surface area (Å²) in [5.74, 6) is 0.726. The van der Waals surface area contributed by atoms with E-state index in [-0.39, 0.29) is 12.7 Å². The molecule has 5 nitrogen and oxygen atoms in total. The topological polar surface area (TPSA) is 54.9 Å². The molecule has 26 heavy (non-hydrogen) atoms. The zero-order valence-corrected chi connectivity index (χ0v) is 14.7. The fraction of sp³-hybridized carbons (Fsp3) is 0.611. The van der Waals surface area contributed by atoms with Crippen LogP contribution in [-0.4, -0.2) is 44.0 Å². The van der Waals surface area contributed by atoms with Crippen LogP contribution in [0, 0.1) is 0 Å². The van der Waals surface area contributed by atoms with Gasteiger partial charge in [0.1, 0.15) is 6.61 Å². The first kappa shape index (κ1) is 19.0. The number of benzene rings is 1. The molecular formula is C18H24F3N3O2. The molecule has 2 aliphatic heterocycles. The summed E-state index contributed by atoms with van der Waals surface area (Å²) in [5.41, 5.74) is 1.72. The Kier molecular flexibility index (Phi) is 6.03. The van der Waals surface area contributed by atoms with Gasteiger partial charge in [-0.05, 0) is 30.4 Å². The lowest BCUT2D eigenvalue weighted by molar-refractivity contribution is -0.176. The highest BCUT2D eigenvalue weighted by molar-refractivity contribution is 5.80. The smallest absolute Gasteiger partial charge is 0.373 e. The molecule has 2 N–H and O–H groups in total. The number of guanidine groups is 1. The highest BCUT2D eigenvalue weighted by Crippen LogP contribution is 2.34.